The molecule has 0 bridgehead atoms. The smallest absolute Gasteiger partial charge is 0.308 e. The molecule has 1 aliphatic carbocycles. The lowest BCUT2D eigenvalue weighted by atomic mass is 9.66. The molecule has 4 heteroatoms. The van der Waals surface area contributed by atoms with E-state index in [1.165, 1.54) is 45.4 Å². The van der Waals surface area contributed by atoms with Gasteiger partial charge in [0.05, 0.1) is 0 Å². The van der Waals surface area contributed by atoms with E-state index >= 15 is 0 Å². The van der Waals surface area contributed by atoms with Gasteiger partial charge in [-0.1, -0.05) is 59.3 Å². The normalized spacial score (nSPS) is 22.0. The first-order valence-electron chi connectivity index (χ1n) is 12.6. The van der Waals surface area contributed by atoms with Crippen LogP contribution in [0.4, 0.5) is 0 Å². The lowest BCUT2D eigenvalue weighted by Gasteiger charge is -2.47. The van der Waals surface area contributed by atoms with Gasteiger partial charge in [-0.15, -0.1) is 0 Å². The molecule has 0 N–H and O–H groups in total. The molecule has 1 fully saturated rings. The number of hydrogen-bond acceptors (Lipinski definition) is 4. The third kappa shape index (κ3) is 5.55. The zero-order valence-electron chi connectivity index (χ0n) is 21.0. The molecule has 3 rings (SSSR count). The molecule has 2 atom stereocenters. The lowest BCUT2D eigenvalue weighted by Crippen LogP contribution is -2.47. The van der Waals surface area contributed by atoms with E-state index in [2.05, 4.69) is 40.7 Å². The van der Waals surface area contributed by atoms with E-state index in [1.54, 1.807) is 0 Å². The maximum absolute atomic E-state index is 12.4. The van der Waals surface area contributed by atoms with Crippen LogP contribution in [-0.4, -0.2) is 17.4 Å². The van der Waals surface area contributed by atoms with Gasteiger partial charge in [0, 0.05) is 37.2 Å². The van der Waals surface area contributed by atoms with Crippen molar-refractivity contribution in [3.05, 3.63) is 23.3 Å². The van der Waals surface area contributed by atoms with Crippen molar-refractivity contribution in [1.29, 1.82) is 0 Å². The van der Waals surface area contributed by atoms with Gasteiger partial charge in [0.1, 0.15) is 22.9 Å². The van der Waals surface area contributed by atoms with Gasteiger partial charge in [-0.3, -0.25) is 9.59 Å². The highest BCUT2D eigenvalue weighted by molar-refractivity contribution is 5.81. The Kier molecular flexibility index (Phi) is 7.73. The van der Waals surface area contributed by atoms with Crippen molar-refractivity contribution in [2.45, 2.75) is 123 Å². The quantitative estimate of drug-likeness (QED) is 0.229. The van der Waals surface area contributed by atoms with Crippen LogP contribution in [0.1, 0.15) is 123 Å². The Bertz CT molecular complexity index is 836. The maximum atomic E-state index is 12.4. The van der Waals surface area contributed by atoms with E-state index in [-0.39, 0.29) is 34.6 Å². The van der Waals surface area contributed by atoms with Gasteiger partial charge in [0.2, 0.25) is 0 Å². The first-order chi connectivity index (χ1) is 15.0. The molecule has 0 amide bonds. The van der Waals surface area contributed by atoms with Gasteiger partial charge < -0.3 is 9.47 Å². The van der Waals surface area contributed by atoms with Crippen LogP contribution in [0.25, 0.3) is 0 Å². The summed E-state index contributed by atoms with van der Waals surface area (Å²) in [5.74, 6) is 1.61. The number of unbranched alkanes of at least 4 members (excludes halogenated alkanes) is 5. The third-order valence-corrected chi connectivity index (χ3v) is 7.60. The highest BCUT2D eigenvalue weighted by Gasteiger charge is 2.48. The van der Waals surface area contributed by atoms with Crippen LogP contribution in [0.2, 0.25) is 0 Å². The number of hydrogen-bond donors (Lipinski definition) is 0. The molecule has 0 radical (unpaired) electrons. The Morgan fingerprint density at radius 1 is 1.16 bits per heavy atom. The predicted molar refractivity (Wildman–Crippen MR) is 129 cm³/mol. The molecule has 4 nitrogen and oxygen atoms in total. The topological polar surface area (TPSA) is 52.6 Å². The van der Waals surface area contributed by atoms with Crippen LogP contribution in [0, 0.1) is 5.92 Å². The molecule has 0 saturated heterocycles. The second-order valence-corrected chi connectivity index (χ2v) is 11.1. The van der Waals surface area contributed by atoms with Crippen molar-refractivity contribution in [2.24, 2.45) is 5.92 Å². The maximum Gasteiger partial charge on any atom is 0.308 e. The highest BCUT2D eigenvalue weighted by atomic mass is 16.5. The Morgan fingerprint density at radius 2 is 1.84 bits per heavy atom. The van der Waals surface area contributed by atoms with E-state index in [0.29, 0.717) is 18.6 Å². The molecule has 178 valence electrons. The number of fused-ring (bicyclic) bond motifs is 3. The minimum Gasteiger partial charge on any atom is -0.487 e. The third-order valence-electron chi connectivity index (χ3n) is 7.60. The molecule has 32 heavy (non-hydrogen) atoms. The molecule has 0 spiro atoms. The van der Waals surface area contributed by atoms with Crippen molar-refractivity contribution in [2.75, 3.05) is 0 Å². The van der Waals surface area contributed by atoms with Gasteiger partial charge in [-0.25, -0.2) is 0 Å². The molecule has 0 unspecified atom stereocenters. The van der Waals surface area contributed by atoms with E-state index in [4.69, 9.17) is 9.47 Å². The van der Waals surface area contributed by atoms with Crippen molar-refractivity contribution in [1.82, 2.24) is 0 Å². The van der Waals surface area contributed by atoms with E-state index in [9.17, 15) is 9.59 Å². The lowest BCUT2D eigenvalue weighted by molar-refractivity contribution is -0.132. The number of esters is 1. The molecule has 1 aliphatic heterocycles. The van der Waals surface area contributed by atoms with Gasteiger partial charge in [0.15, 0.2) is 0 Å². The van der Waals surface area contributed by atoms with E-state index in [1.807, 2.05) is 6.07 Å². The number of Topliss-reactive ketones (excluding diaryl/α,β-unsaturated/α-hetero) is 1. The highest BCUT2D eigenvalue weighted by Crippen LogP contribution is 2.55. The number of ketones is 1. The number of carbonyl (C=O) groups is 2. The summed E-state index contributed by atoms with van der Waals surface area (Å²) in [6, 6.07) is 4.19. The summed E-state index contributed by atoms with van der Waals surface area (Å²) < 4.78 is 12.3. The average molecular weight is 443 g/mol. The van der Waals surface area contributed by atoms with E-state index in [0.717, 1.165) is 29.7 Å². The van der Waals surface area contributed by atoms with Crippen molar-refractivity contribution in [3.8, 4) is 11.5 Å². The first kappa shape index (κ1) is 24.8. The zero-order valence-corrected chi connectivity index (χ0v) is 21.0. The summed E-state index contributed by atoms with van der Waals surface area (Å²) in [6.45, 7) is 12.5. The summed E-state index contributed by atoms with van der Waals surface area (Å²) in [7, 11) is 0. The van der Waals surface area contributed by atoms with Crippen LogP contribution in [0.5, 0.6) is 11.5 Å². The summed E-state index contributed by atoms with van der Waals surface area (Å²) in [6.07, 6.45) is 10.6. The zero-order chi connectivity index (χ0) is 23.5. The molecule has 1 aromatic carbocycles. The number of rotatable bonds is 9. The molecular formula is C28H42O4. The van der Waals surface area contributed by atoms with Crippen LogP contribution in [0.3, 0.4) is 0 Å². The fraction of sp³-hybridized carbons (Fsp3) is 0.714. The summed E-state index contributed by atoms with van der Waals surface area (Å²) in [5, 5.41) is 0. The van der Waals surface area contributed by atoms with Gasteiger partial charge in [-0.2, -0.15) is 0 Å². The minimum absolute atomic E-state index is 0.0417. The SMILES string of the molecule is CCCCCCCCC(C)(C)c1cc(OC(C)=O)c2c(c1)OC(C)(C)[C@@H]1CCC(=O)C[C@@H]21. The molecule has 1 aromatic rings. The fourth-order valence-corrected chi connectivity index (χ4v) is 5.67. The summed E-state index contributed by atoms with van der Waals surface area (Å²) in [4.78, 5) is 24.3. The Labute approximate surface area is 194 Å². The van der Waals surface area contributed by atoms with Gasteiger partial charge in [-0.05, 0) is 49.8 Å². The second-order valence-electron chi connectivity index (χ2n) is 11.1. The molecular weight excluding hydrogens is 400 g/mol. The molecule has 0 aromatic heterocycles. The fourth-order valence-electron chi connectivity index (χ4n) is 5.67. The summed E-state index contributed by atoms with van der Waals surface area (Å²) in [5.41, 5.74) is 1.64. The standard InChI is InChI=1S/C28H42O4/c1-7-8-9-10-11-12-15-27(3,4)20-16-24(31-19(2)29)26-22-18-21(30)13-14-23(22)28(5,6)32-25(26)17-20/h16-17,22-23H,7-15,18H2,1-6H3/t22-,23-/m1/s1. The monoisotopic (exact) mass is 442 g/mol. The second kappa shape index (κ2) is 9.97. The van der Waals surface area contributed by atoms with Crippen LogP contribution < -0.4 is 9.47 Å². The minimum atomic E-state index is -0.353. The van der Waals surface area contributed by atoms with Crippen molar-refractivity contribution < 1.29 is 19.1 Å². The van der Waals surface area contributed by atoms with Crippen LogP contribution >= 0.6 is 0 Å². The van der Waals surface area contributed by atoms with Crippen LogP contribution in [-0.2, 0) is 15.0 Å². The molecule has 1 heterocycles. The van der Waals surface area contributed by atoms with Crippen molar-refractivity contribution >= 4 is 11.8 Å². The molecule has 2 aliphatic rings. The largest absolute Gasteiger partial charge is 0.487 e. The number of carbonyl (C=O) groups excluding carboxylic acids is 2. The van der Waals surface area contributed by atoms with Crippen molar-refractivity contribution in [3.63, 3.8) is 0 Å². The number of benzene rings is 1. The summed E-state index contributed by atoms with van der Waals surface area (Å²) >= 11 is 0. The van der Waals surface area contributed by atoms with Crippen LogP contribution in [0.15, 0.2) is 12.1 Å². The first-order valence-corrected chi connectivity index (χ1v) is 12.6. The molecule has 1 saturated carbocycles. The van der Waals surface area contributed by atoms with Gasteiger partial charge >= 0.3 is 5.97 Å². The Hall–Kier alpha value is -1.84. The Morgan fingerprint density at radius 3 is 2.53 bits per heavy atom. The van der Waals surface area contributed by atoms with E-state index < -0.39 is 0 Å². The predicted octanol–water partition coefficient (Wildman–Crippen LogP) is 7.26. The average Bonchev–Trinajstić information content (AvgIpc) is 2.69. The Balaban J connectivity index is 1.92. The van der Waals surface area contributed by atoms with Gasteiger partial charge in [0.25, 0.3) is 0 Å². The number of ether oxygens (including phenoxy) is 2.